The van der Waals surface area contributed by atoms with E-state index in [0.29, 0.717) is 21.3 Å². The van der Waals surface area contributed by atoms with Crippen molar-refractivity contribution in [1.29, 1.82) is 0 Å². The first-order valence-electron chi connectivity index (χ1n) is 8.40. The molecule has 1 aromatic heterocycles. The van der Waals surface area contributed by atoms with Crippen LogP contribution in [0, 0.1) is 10.1 Å². The average Bonchev–Trinajstić information content (AvgIpc) is 3.19. The van der Waals surface area contributed by atoms with Crippen molar-refractivity contribution in [2.45, 2.75) is 6.54 Å². The van der Waals surface area contributed by atoms with Gasteiger partial charge in [-0.2, -0.15) is 9.78 Å². The number of aromatic hydroxyl groups is 1. The number of benzene rings is 2. The maximum Gasteiger partial charge on any atom is 0.490 e. The van der Waals surface area contributed by atoms with Crippen LogP contribution in [0.1, 0.15) is 21.5 Å². The lowest BCUT2D eigenvalue weighted by Crippen LogP contribution is -2.17. The van der Waals surface area contributed by atoms with Gasteiger partial charge in [-0.3, -0.25) is 4.79 Å². The number of nitrogens with zero attached hydrogens (tertiary/aromatic N) is 5. The van der Waals surface area contributed by atoms with Crippen LogP contribution in [0.5, 0.6) is 11.5 Å². The van der Waals surface area contributed by atoms with Crippen LogP contribution in [0.25, 0.3) is 0 Å². The lowest BCUT2D eigenvalue weighted by Gasteiger charge is -2.08. The Morgan fingerprint density at radius 1 is 1.40 bits per heavy atom. The van der Waals surface area contributed by atoms with Crippen molar-refractivity contribution in [2.75, 3.05) is 7.11 Å². The Kier molecular flexibility index (Phi) is 6.37. The Hall–Kier alpha value is -3.80. The summed E-state index contributed by atoms with van der Waals surface area (Å²) in [5.41, 5.74) is 3.73. The molecule has 0 aliphatic heterocycles. The summed E-state index contributed by atoms with van der Waals surface area (Å²) in [6, 6.07) is 9.63. The van der Waals surface area contributed by atoms with Gasteiger partial charge < -0.3 is 20.0 Å². The molecule has 3 aromatic rings. The maximum absolute atomic E-state index is 12.2. The Morgan fingerprint density at radius 2 is 2.20 bits per heavy atom. The van der Waals surface area contributed by atoms with Gasteiger partial charge in [0.15, 0.2) is 0 Å². The number of carbonyl (C=O) groups excluding carboxylic acids is 1. The standard InChI is InChI=1S/C18H15BrN6O5/c1-30-16-5-2-11(6-12(16)9-24-10-20-18(23-24)25(28)29)8-21-22-17(27)14-7-13(19)3-4-15(14)26/h2-8,10,26H,9H2,1H3,(H,22,27). The van der Waals surface area contributed by atoms with Gasteiger partial charge in [0, 0.05) is 15.1 Å². The Morgan fingerprint density at radius 3 is 2.90 bits per heavy atom. The van der Waals surface area contributed by atoms with E-state index >= 15 is 0 Å². The molecule has 0 bridgehead atoms. The summed E-state index contributed by atoms with van der Waals surface area (Å²) >= 11 is 3.24. The third-order valence-electron chi connectivity index (χ3n) is 3.91. The number of hydrogen-bond donors (Lipinski definition) is 2. The number of nitro groups is 1. The third kappa shape index (κ3) is 4.97. The van der Waals surface area contributed by atoms with Crippen molar-refractivity contribution in [2.24, 2.45) is 5.10 Å². The number of nitrogens with one attached hydrogen (secondary N) is 1. The first-order chi connectivity index (χ1) is 14.4. The van der Waals surface area contributed by atoms with E-state index in [1.807, 2.05) is 0 Å². The highest BCUT2D eigenvalue weighted by molar-refractivity contribution is 9.10. The van der Waals surface area contributed by atoms with Gasteiger partial charge in [-0.1, -0.05) is 20.9 Å². The molecule has 1 amide bonds. The average molecular weight is 475 g/mol. The lowest BCUT2D eigenvalue weighted by atomic mass is 10.1. The molecular weight excluding hydrogens is 460 g/mol. The Balaban J connectivity index is 1.74. The number of carbonyl (C=O) groups is 1. The van der Waals surface area contributed by atoms with Gasteiger partial charge in [0.2, 0.25) is 6.33 Å². The van der Waals surface area contributed by atoms with Crippen molar-refractivity contribution in [1.82, 2.24) is 20.2 Å². The molecule has 0 saturated heterocycles. The van der Waals surface area contributed by atoms with Crippen LogP contribution < -0.4 is 10.2 Å². The molecule has 11 nitrogen and oxygen atoms in total. The predicted molar refractivity (Wildman–Crippen MR) is 110 cm³/mol. The van der Waals surface area contributed by atoms with Gasteiger partial charge in [-0.25, -0.2) is 5.43 Å². The van der Waals surface area contributed by atoms with Crippen molar-refractivity contribution in [3.8, 4) is 11.5 Å². The number of methoxy groups -OCH3 is 1. The van der Waals surface area contributed by atoms with E-state index in [4.69, 9.17) is 4.74 Å². The fourth-order valence-electron chi connectivity index (χ4n) is 2.54. The number of hydrogen-bond acceptors (Lipinski definition) is 8. The first-order valence-corrected chi connectivity index (χ1v) is 9.19. The SMILES string of the molecule is COc1ccc(C=NNC(=O)c2cc(Br)ccc2O)cc1Cn1cnc([N+](=O)[O-])n1. The van der Waals surface area contributed by atoms with E-state index < -0.39 is 16.8 Å². The van der Waals surface area contributed by atoms with E-state index in [2.05, 4.69) is 36.5 Å². The van der Waals surface area contributed by atoms with Crippen LogP contribution in [-0.2, 0) is 6.54 Å². The minimum absolute atomic E-state index is 0.0738. The number of halogens is 1. The van der Waals surface area contributed by atoms with Crippen LogP contribution in [0.3, 0.4) is 0 Å². The summed E-state index contributed by atoms with van der Waals surface area (Å²) in [5, 5.41) is 28.2. The molecule has 0 saturated carbocycles. The second-order valence-corrected chi connectivity index (χ2v) is 6.85. The Labute approximate surface area is 178 Å². The number of aromatic nitrogens is 3. The molecule has 2 N–H and O–H groups in total. The predicted octanol–water partition coefficient (Wildman–Crippen LogP) is 2.48. The minimum Gasteiger partial charge on any atom is -0.507 e. The molecule has 0 radical (unpaired) electrons. The number of amides is 1. The normalized spacial score (nSPS) is 10.9. The van der Waals surface area contributed by atoms with E-state index in [1.165, 1.54) is 36.5 Å². The molecule has 30 heavy (non-hydrogen) atoms. The van der Waals surface area contributed by atoms with Crippen molar-refractivity contribution in [3.63, 3.8) is 0 Å². The van der Waals surface area contributed by atoms with E-state index in [-0.39, 0.29) is 17.9 Å². The quantitative estimate of drug-likeness (QED) is 0.303. The highest BCUT2D eigenvalue weighted by Gasteiger charge is 2.15. The first kappa shape index (κ1) is 20.9. The lowest BCUT2D eigenvalue weighted by molar-refractivity contribution is -0.394. The molecule has 1 heterocycles. The summed E-state index contributed by atoms with van der Waals surface area (Å²) < 4.78 is 7.27. The molecular formula is C18H15BrN6O5. The second kappa shape index (κ2) is 9.13. The summed E-state index contributed by atoms with van der Waals surface area (Å²) in [6.45, 7) is 0.184. The molecule has 0 unspecified atom stereocenters. The van der Waals surface area contributed by atoms with Crippen LogP contribution in [0.2, 0.25) is 0 Å². The molecule has 0 aliphatic rings. The van der Waals surface area contributed by atoms with Crippen LogP contribution in [0.15, 0.2) is 52.3 Å². The summed E-state index contributed by atoms with van der Waals surface area (Å²) in [5.74, 6) is -0.688. The molecule has 0 aliphatic carbocycles. The fourth-order valence-corrected chi connectivity index (χ4v) is 2.90. The molecule has 3 rings (SSSR count). The van der Waals surface area contributed by atoms with E-state index in [9.17, 15) is 20.0 Å². The topological polar surface area (TPSA) is 145 Å². The highest BCUT2D eigenvalue weighted by atomic mass is 79.9. The smallest absolute Gasteiger partial charge is 0.490 e. The molecule has 0 spiro atoms. The largest absolute Gasteiger partial charge is 0.507 e. The van der Waals surface area contributed by atoms with Gasteiger partial charge in [0.1, 0.15) is 11.5 Å². The maximum atomic E-state index is 12.2. The molecule has 12 heteroatoms. The summed E-state index contributed by atoms with van der Waals surface area (Å²) in [6.07, 6.45) is 2.67. The molecule has 154 valence electrons. The van der Waals surface area contributed by atoms with Crippen molar-refractivity contribution < 1.29 is 19.6 Å². The van der Waals surface area contributed by atoms with Gasteiger partial charge in [0.05, 0.1) is 25.4 Å². The molecule has 0 fully saturated rings. The summed E-state index contributed by atoms with van der Waals surface area (Å²) in [7, 11) is 1.50. The second-order valence-electron chi connectivity index (χ2n) is 5.93. The number of ether oxygens (including phenoxy) is 1. The zero-order valence-electron chi connectivity index (χ0n) is 15.5. The van der Waals surface area contributed by atoms with Gasteiger partial charge >= 0.3 is 5.95 Å². The zero-order valence-corrected chi connectivity index (χ0v) is 17.1. The monoisotopic (exact) mass is 474 g/mol. The van der Waals surface area contributed by atoms with Crippen LogP contribution in [-0.4, -0.2) is 44.0 Å². The number of phenols is 1. The molecule has 0 atom stereocenters. The van der Waals surface area contributed by atoms with E-state index in [1.54, 1.807) is 24.3 Å². The summed E-state index contributed by atoms with van der Waals surface area (Å²) in [4.78, 5) is 25.8. The molecule has 2 aromatic carbocycles. The number of phenolic OH excluding ortho intramolecular Hbond substituents is 1. The number of hydrazone groups is 1. The van der Waals surface area contributed by atoms with Gasteiger partial charge in [0.25, 0.3) is 5.91 Å². The third-order valence-corrected chi connectivity index (χ3v) is 4.40. The fraction of sp³-hybridized carbons (Fsp3) is 0.111. The van der Waals surface area contributed by atoms with E-state index in [0.717, 1.165) is 0 Å². The van der Waals surface area contributed by atoms with Crippen molar-refractivity contribution in [3.05, 3.63) is 74.0 Å². The van der Waals surface area contributed by atoms with Gasteiger partial charge in [-0.05, 0) is 46.9 Å². The van der Waals surface area contributed by atoms with Gasteiger partial charge in [-0.15, -0.1) is 0 Å². The zero-order chi connectivity index (χ0) is 21.7. The van der Waals surface area contributed by atoms with Crippen molar-refractivity contribution >= 4 is 34.0 Å². The van der Waals surface area contributed by atoms with Crippen LogP contribution >= 0.6 is 15.9 Å². The highest BCUT2D eigenvalue weighted by Crippen LogP contribution is 2.22. The minimum atomic E-state index is -0.678. The van der Waals surface area contributed by atoms with Crippen LogP contribution in [0.4, 0.5) is 5.95 Å². The Bertz CT molecular complexity index is 1130. The number of rotatable bonds is 7.